The average molecular weight is 520 g/mol. The van der Waals surface area contributed by atoms with Gasteiger partial charge in [0.1, 0.15) is 29.6 Å². The molecule has 10 heteroatoms. The number of aryl methyl sites for hydroxylation is 1. The molecule has 2 aromatic carbocycles. The summed E-state index contributed by atoms with van der Waals surface area (Å²) >= 11 is 0. The van der Waals surface area contributed by atoms with E-state index in [-0.39, 0.29) is 11.8 Å². The number of likely N-dealkylation sites (tertiary alicyclic amines) is 1. The van der Waals surface area contributed by atoms with Crippen molar-refractivity contribution >= 4 is 34.9 Å². The SMILES string of the molecule is Cc1cc(Oc2ccnc(NC(=O)C3CCN(C)CC3)c2)ccc1NC(=O)CC(=O)Nc1ccc(F)cc1. The third-order valence-electron chi connectivity index (χ3n) is 6.23. The van der Waals surface area contributed by atoms with Crippen molar-refractivity contribution in [2.24, 2.45) is 5.92 Å². The van der Waals surface area contributed by atoms with Gasteiger partial charge in [0.05, 0.1) is 0 Å². The van der Waals surface area contributed by atoms with E-state index >= 15 is 0 Å². The number of nitrogens with zero attached hydrogens (tertiary/aromatic N) is 2. The lowest BCUT2D eigenvalue weighted by Crippen LogP contribution is -2.36. The molecule has 3 amide bonds. The minimum absolute atomic E-state index is 0.0306. The molecule has 3 aromatic rings. The highest BCUT2D eigenvalue weighted by Gasteiger charge is 2.23. The van der Waals surface area contributed by atoms with Crippen LogP contribution in [-0.2, 0) is 14.4 Å². The first-order chi connectivity index (χ1) is 18.2. The largest absolute Gasteiger partial charge is 0.457 e. The van der Waals surface area contributed by atoms with E-state index in [0.29, 0.717) is 28.7 Å². The van der Waals surface area contributed by atoms with Crippen molar-refractivity contribution in [3.63, 3.8) is 0 Å². The van der Waals surface area contributed by atoms with Crippen LogP contribution in [0.2, 0.25) is 0 Å². The number of benzene rings is 2. The molecule has 0 bridgehead atoms. The van der Waals surface area contributed by atoms with Gasteiger partial charge in [0, 0.05) is 29.6 Å². The van der Waals surface area contributed by atoms with Gasteiger partial charge >= 0.3 is 0 Å². The van der Waals surface area contributed by atoms with Crippen molar-refractivity contribution in [1.29, 1.82) is 0 Å². The second-order valence-electron chi connectivity index (χ2n) is 9.30. The summed E-state index contributed by atoms with van der Waals surface area (Å²) in [5, 5.41) is 8.15. The Labute approximate surface area is 220 Å². The van der Waals surface area contributed by atoms with Crippen LogP contribution in [0.25, 0.3) is 0 Å². The zero-order chi connectivity index (χ0) is 27.1. The van der Waals surface area contributed by atoms with Gasteiger partial charge in [-0.25, -0.2) is 9.37 Å². The fourth-order valence-electron chi connectivity index (χ4n) is 4.10. The van der Waals surface area contributed by atoms with Crippen LogP contribution in [-0.4, -0.2) is 47.7 Å². The normalized spacial score (nSPS) is 14.0. The number of pyridine rings is 1. The minimum atomic E-state index is -0.511. The Bertz CT molecular complexity index is 1310. The number of hydrogen-bond donors (Lipinski definition) is 3. The van der Waals surface area contributed by atoms with Crippen molar-refractivity contribution in [2.45, 2.75) is 26.2 Å². The van der Waals surface area contributed by atoms with Crippen LogP contribution in [0.4, 0.5) is 21.6 Å². The Morgan fingerprint density at radius 3 is 2.34 bits per heavy atom. The molecule has 1 aromatic heterocycles. The maximum atomic E-state index is 13.0. The molecule has 0 spiro atoms. The smallest absolute Gasteiger partial charge is 0.233 e. The van der Waals surface area contributed by atoms with Crippen LogP contribution in [0.15, 0.2) is 60.8 Å². The van der Waals surface area contributed by atoms with Crippen LogP contribution in [0.3, 0.4) is 0 Å². The van der Waals surface area contributed by atoms with Gasteiger partial charge < -0.3 is 25.6 Å². The number of piperidine rings is 1. The lowest BCUT2D eigenvalue weighted by atomic mass is 9.96. The van der Waals surface area contributed by atoms with E-state index in [1.807, 2.05) is 0 Å². The molecule has 0 saturated carbocycles. The molecule has 0 unspecified atom stereocenters. The standard InChI is InChI=1S/C28H30FN5O4/c1-18-15-22(7-8-24(18)32-27(36)17-26(35)31-21-5-3-20(29)4-6-21)38-23-9-12-30-25(16-23)33-28(37)19-10-13-34(2)14-11-19/h3-9,12,15-16,19H,10-11,13-14,17H2,1-2H3,(H,31,35)(H,32,36)(H,30,33,37). The first-order valence-corrected chi connectivity index (χ1v) is 12.3. The molecule has 1 aliphatic heterocycles. The number of amides is 3. The van der Waals surface area contributed by atoms with E-state index in [0.717, 1.165) is 31.5 Å². The lowest BCUT2D eigenvalue weighted by molar-refractivity contribution is -0.124. The lowest BCUT2D eigenvalue weighted by Gasteiger charge is -2.27. The predicted molar refractivity (Wildman–Crippen MR) is 143 cm³/mol. The molecular weight excluding hydrogens is 489 g/mol. The summed E-state index contributed by atoms with van der Waals surface area (Å²) in [4.78, 5) is 43.5. The molecule has 1 fully saturated rings. The molecule has 9 nitrogen and oxygen atoms in total. The number of carbonyl (C=O) groups excluding carboxylic acids is 3. The Balaban J connectivity index is 1.30. The first kappa shape index (κ1) is 26.7. The summed E-state index contributed by atoms with van der Waals surface area (Å²) in [6, 6.07) is 13.8. The van der Waals surface area contributed by atoms with Gasteiger partial charge in [-0.1, -0.05) is 0 Å². The highest BCUT2D eigenvalue weighted by atomic mass is 19.1. The molecular formula is C28H30FN5O4. The molecule has 3 N–H and O–H groups in total. The minimum Gasteiger partial charge on any atom is -0.457 e. The van der Waals surface area contributed by atoms with Gasteiger partial charge in [-0.2, -0.15) is 0 Å². The number of carbonyl (C=O) groups is 3. The van der Waals surface area contributed by atoms with Crippen molar-refractivity contribution in [3.8, 4) is 11.5 Å². The quantitative estimate of drug-likeness (QED) is 0.376. The van der Waals surface area contributed by atoms with Crippen LogP contribution in [0, 0.1) is 18.7 Å². The van der Waals surface area contributed by atoms with E-state index in [2.05, 4.69) is 32.9 Å². The Morgan fingerprint density at radius 1 is 0.947 bits per heavy atom. The van der Waals surface area contributed by atoms with Gasteiger partial charge in [0.2, 0.25) is 17.7 Å². The van der Waals surface area contributed by atoms with E-state index in [1.54, 1.807) is 43.5 Å². The fraction of sp³-hybridized carbons (Fsp3) is 0.286. The number of hydrogen-bond acceptors (Lipinski definition) is 6. The summed E-state index contributed by atoms with van der Waals surface area (Å²) in [5.41, 5.74) is 1.68. The van der Waals surface area contributed by atoms with Crippen LogP contribution in [0.1, 0.15) is 24.8 Å². The summed E-state index contributed by atoms with van der Waals surface area (Å²) in [6.45, 7) is 3.60. The average Bonchev–Trinajstić information content (AvgIpc) is 2.87. The van der Waals surface area contributed by atoms with Crippen molar-refractivity contribution in [3.05, 3.63) is 72.2 Å². The van der Waals surface area contributed by atoms with Gasteiger partial charge in [-0.15, -0.1) is 0 Å². The monoisotopic (exact) mass is 519 g/mol. The number of nitrogens with one attached hydrogen (secondary N) is 3. The zero-order valence-electron chi connectivity index (χ0n) is 21.3. The van der Waals surface area contributed by atoms with Gasteiger partial charge in [-0.05, 0) is 94.0 Å². The summed E-state index contributed by atoms with van der Waals surface area (Å²) < 4.78 is 18.9. The van der Waals surface area contributed by atoms with E-state index < -0.39 is 24.1 Å². The van der Waals surface area contributed by atoms with Crippen molar-refractivity contribution in [2.75, 3.05) is 36.1 Å². The topological polar surface area (TPSA) is 113 Å². The zero-order valence-corrected chi connectivity index (χ0v) is 21.3. The summed E-state index contributed by atoms with van der Waals surface area (Å²) in [6.07, 6.45) is 2.81. The van der Waals surface area contributed by atoms with E-state index in [4.69, 9.17) is 4.74 Å². The summed E-state index contributed by atoms with van der Waals surface area (Å²) in [5.74, 6) is -0.0138. The number of rotatable bonds is 8. The Morgan fingerprint density at radius 2 is 1.63 bits per heavy atom. The maximum absolute atomic E-state index is 13.0. The van der Waals surface area contributed by atoms with Crippen LogP contribution < -0.4 is 20.7 Å². The number of anilines is 3. The molecule has 38 heavy (non-hydrogen) atoms. The Kier molecular flexibility index (Phi) is 8.65. The Hall–Kier alpha value is -4.31. The van der Waals surface area contributed by atoms with Gasteiger partial charge in [0.15, 0.2) is 0 Å². The second-order valence-corrected chi connectivity index (χ2v) is 9.30. The molecule has 198 valence electrons. The highest BCUT2D eigenvalue weighted by Crippen LogP contribution is 2.27. The van der Waals surface area contributed by atoms with Crippen molar-refractivity contribution < 1.29 is 23.5 Å². The van der Waals surface area contributed by atoms with E-state index in [1.165, 1.54) is 24.3 Å². The molecule has 1 aliphatic rings. The second kappa shape index (κ2) is 12.3. The molecule has 1 saturated heterocycles. The van der Waals surface area contributed by atoms with Crippen molar-refractivity contribution in [1.82, 2.24) is 9.88 Å². The molecule has 0 radical (unpaired) electrons. The maximum Gasteiger partial charge on any atom is 0.233 e. The molecule has 2 heterocycles. The van der Waals surface area contributed by atoms with Crippen LogP contribution in [0.5, 0.6) is 11.5 Å². The fourth-order valence-corrected chi connectivity index (χ4v) is 4.10. The van der Waals surface area contributed by atoms with Gasteiger partial charge in [0.25, 0.3) is 0 Å². The van der Waals surface area contributed by atoms with Gasteiger partial charge in [-0.3, -0.25) is 14.4 Å². The third kappa shape index (κ3) is 7.59. The molecule has 4 rings (SSSR count). The predicted octanol–water partition coefficient (Wildman–Crippen LogP) is 4.57. The van der Waals surface area contributed by atoms with E-state index in [9.17, 15) is 18.8 Å². The third-order valence-corrected chi connectivity index (χ3v) is 6.23. The molecule has 0 atom stereocenters. The number of halogens is 1. The number of ether oxygens (including phenoxy) is 1. The van der Waals surface area contributed by atoms with Crippen LogP contribution >= 0.6 is 0 Å². The molecule has 0 aliphatic carbocycles. The number of aromatic nitrogens is 1. The highest BCUT2D eigenvalue weighted by molar-refractivity contribution is 6.08. The summed E-state index contributed by atoms with van der Waals surface area (Å²) in [7, 11) is 2.05. The first-order valence-electron chi connectivity index (χ1n) is 12.3.